The molecule has 1 aliphatic rings. The largest absolute Gasteiger partial charge is 0.342 e. The first-order valence-electron chi connectivity index (χ1n) is 5.70. The third kappa shape index (κ3) is 1.39. The molecule has 0 aliphatic carbocycles. The fraction of sp³-hybridized carbons (Fsp3) is 0.143. The van der Waals surface area contributed by atoms with Crippen molar-refractivity contribution in [2.75, 3.05) is 11.9 Å². The maximum absolute atomic E-state index is 12.6. The third-order valence-corrected chi connectivity index (χ3v) is 5.11. The van der Waals surface area contributed by atoms with Crippen LogP contribution < -0.4 is 4.90 Å². The summed E-state index contributed by atoms with van der Waals surface area (Å²) in [5.74, 6) is 0. The predicted octanol–water partition coefficient (Wildman–Crippen LogP) is 2.91. The zero-order valence-electron chi connectivity index (χ0n) is 10.2. The average Bonchev–Trinajstić information content (AvgIpc) is 2.36. The summed E-state index contributed by atoms with van der Waals surface area (Å²) in [6.07, 6.45) is 0. The van der Waals surface area contributed by atoms with Gasteiger partial charge < -0.3 is 4.90 Å². The maximum Gasteiger partial charge on any atom is 0.210 e. The highest BCUT2D eigenvalue weighted by molar-refractivity contribution is 7.92. The van der Waals surface area contributed by atoms with Gasteiger partial charge >= 0.3 is 0 Å². The molecule has 92 valence electrons. The summed E-state index contributed by atoms with van der Waals surface area (Å²) in [6.45, 7) is 1.90. The van der Waals surface area contributed by atoms with Crippen molar-refractivity contribution in [3.8, 4) is 0 Å². The van der Waals surface area contributed by atoms with Gasteiger partial charge in [-0.25, -0.2) is 8.42 Å². The summed E-state index contributed by atoms with van der Waals surface area (Å²) in [5.41, 5.74) is 2.42. The molecule has 0 N–H and O–H groups in total. The van der Waals surface area contributed by atoms with E-state index in [9.17, 15) is 8.42 Å². The van der Waals surface area contributed by atoms with Gasteiger partial charge in [-0.15, -0.1) is 0 Å². The van der Waals surface area contributed by atoms with E-state index < -0.39 is 9.84 Å². The number of hydrogen-bond donors (Lipinski definition) is 0. The third-order valence-electron chi connectivity index (χ3n) is 3.28. The molecule has 0 radical (unpaired) electrons. The zero-order chi connectivity index (χ0) is 12.9. The van der Waals surface area contributed by atoms with E-state index in [0.717, 1.165) is 16.9 Å². The lowest BCUT2D eigenvalue weighted by Gasteiger charge is -2.29. The first-order chi connectivity index (χ1) is 8.51. The molecule has 0 saturated carbocycles. The summed E-state index contributed by atoms with van der Waals surface area (Å²) in [4.78, 5) is 2.69. The van der Waals surface area contributed by atoms with Crippen LogP contribution in [0.15, 0.2) is 52.3 Å². The van der Waals surface area contributed by atoms with Gasteiger partial charge in [0.25, 0.3) is 0 Å². The predicted molar refractivity (Wildman–Crippen MR) is 71.1 cm³/mol. The minimum absolute atomic E-state index is 0.380. The molecule has 4 heteroatoms. The Labute approximate surface area is 107 Å². The summed E-state index contributed by atoms with van der Waals surface area (Å²) in [7, 11) is -1.51. The van der Waals surface area contributed by atoms with E-state index in [1.165, 1.54) is 0 Å². The molecule has 0 aromatic heterocycles. The Morgan fingerprint density at radius 2 is 1.61 bits per heavy atom. The number of nitrogens with zero attached hydrogens (tertiary/aromatic N) is 1. The van der Waals surface area contributed by atoms with Gasteiger partial charge in [0.15, 0.2) is 0 Å². The fourth-order valence-corrected chi connectivity index (χ4v) is 4.12. The number of aryl methyl sites for hydroxylation is 1. The van der Waals surface area contributed by atoms with Crippen molar-refractivity contribution in [3.05, 3.63) is 48.0 Å². The topological polar surface area (TPSA) is 37.4 Å². The summed E-state index contributed by atoms with van der Waals surface area (Å²) in [5, 5.41) is 0. The van der Waals surface area contributed by atoms with E-state index in [2.05, 4.69) is 0 Å². The van der Waals surface area contributed by atoms with Crippen LogP contribution in [0, 0.1) is 6.92 Å². The average molecular weight is 259 g/mol. The molecule has 18 heavy (non-hydrogen) atoms. The lowest BCUT2D eigenvalue weighted by atomic mass is 10.2. The molecule has 3 rings (SSSR count). The Kier molecular flexibility index (Phi) is 2.25. The van der Waals surface area contributed by atoms with Crippen LogP contribution in [-0.4, -0.2) is 15.5 Å². The first kappa shape index (κ1) is 11.3. The second kappa shape index (κ2) is 3.59. The van der Waals surface area contributed by atoms with E-state index in [-0.39, 0.29) is 0 Å². The Morgan fingerprint density at radius 1 is 0.944 bits per heavy atom. The van der Waals surface area contributed by atoms with Crippen LogP contribution in [-0.2, 0) is 9.84 Å². The van der Waals surface area contributed by atoms with Crippen LogP contribution in [0.4, 0.5) is 11.4 Å². The fourth-order valence-electron chi connectivity index (χ4n) is 2.32. The standard InChI is InChI=1S/C14H13NO2S/c1-10-7-8-12-14(9-10)18(16,17)13-6-4-3-5-11(13)15(12)2/h3-9H,1-2H3. The first-order valence-corrected chi connectivity index (χ1v) is 7.18. The Balaban J connectivity index is 2.41. The highest BCUT2D eigenvalue weighted by Gasteiger charge is 2.32. The second-order valence-electron chi connectivity index (χ2n) is 4.50. The Hall–Kier alpha value is -1.81. The van der Waals surface area contributed by atoms with Crippen molar-refractivity contribution in [2.45, 2.75) is 16.7 Å². The molecule has 0 spiro atoms. The number of anilines is 2. The van der Waals surface area contributed by atoms with Crippen molar-refractivity contribution in [1.29, 1.82) is 0 Å². The molecule has 2 aromatic rings. The summed E-state index contributed by atoms with van der Waals surface area (Å²) < 4.78 is 25.1. The number of rotatable bonds is 0. The van der Waals surface area contributed by atoms with Gasteiger partial charge in [-0.05, 0) is 36.8 Å². The van der Waals surface area contributed by atoms with Crippen molar-refractivity contribution in [2.24, 2.45) is 0 Å². The van der Waals surface area contributed by atoms with E-state index in [1.807, 2.05) is 43.1 Å². The van der Waals surface area contributed by atoms with Crippen LogP contribution in [0.2, 0.25) is 0 Å². The Morgan fingerprint density at radius 3 is 2.39 bits per heavy atom. The summed E-state index contributed by atoms with van der Waals surface area (Å²) >= 11 is 0. The molecule has 0 fully saturated rings. The molecular weight excluding hydrogens is 246 g/mol. The van der Waals surface area contributed by atoms with Gasteiger partial charge in [-0.2, -0.15) is 0 Å². The molecule has 0 bridgehead atoms. The SMILES string of the molecule is Cc1ccc2c(c1)S(=O)(=O)c1ccccc1N2C. The van der Waals surface area contributed by atoms with Crippen LogP contribution in [0.25, 0.3) is 0 Å². The highest BCUT2D eigenvalue weighted by Crippen LogP contribution is 2.42. The molecule has 3 nitrogen and oxygen atoms in total. The van der Waals surface area contributed by atoms with Crippen LogP contribution in [0.3, 0.4) is 0 Å². The van der Waals surface area contributed by atoms with E-state index in [4.69, 9.17) is 0 Å². The van der Waals surface area contributed by atoms with Crippen molar-refractivity contribution in [1.82, 2.24) is 0 Å². The highest BCUT2D eigenvalue weighted by atomic mass is 32.2. The zero-order valence-corrected chi connectivity index (χ0v) is 11.0. The molecule has 0 amide bonds. The van der Waals surface area contributed by atoms with Gasteiger partial charge in [-0.1, -0.05) is 18.2 Å². The van der Waals surface area contributed by atoms with Crippen molar-refractivity contribution < 1.29 is 8.42 Å². The molecule has 2 aromatic carbocycles. The smallest absolute Gasteiger partial charge is 0.210 e. The summed E-state index contributed by atoms with van der Waals surface area (Å²) in [6, 6.07) is 12.6. The van der Waals surface area contributed by atoms with Gasteiger partial charge in [0, 0.05) is 7.05 Å². The molecule has 1 aliphatic heterocycles. The lowest BCUT2D eigenvalue weighted by Crippen LogP contribution is -2.22. The van der Waals surface area contributed by atoms with Gasteiger partial charge in [0.2, 0.25) is 9.84 Å². The number of para-hydroxylation sites is 1. The quantitative estimate of drug-likeness (QED) is 0.730. The van der Waals surface area contributed by atoms with E-state index in [0.29, 0.717) is 9.79 Å². The second-order valence-corrected chi connectivity index (χ2v) is 6.39. The number of sulfone groups is 1. The van der Waals surface area contributed by atoms with Crippen LogP contribution in [0.1, 0.15) is 5.56 Å². The molecular formula is C14H13NO2S. The molecule has 0 unspecified atom stereocenters. The van der Waals surface area contributed by atoms with E-state index in [1.54, 1.807) is 18.2 Å². The number of benzene rings is 2. The van der Waals surface area contributed by atoms with Crippen LogP contribution >= 0.6 is 0 Å². The van der Waals surface area contributed by atoms with Gasteiger partial charge in [-0.3, -0.25) is 0 Å². The minimum Gasteiger partial charge on any atom is -0.342 e. The molecule has 1 heterocycles. The number of hydrogen-bond acceptors (Lipinski definition) is 3. The maximum atomic E-state index is 12.6. The van der Waals surface area contributed by atoms with Gasteiger partial charge in [0.05, 0.1) is 21.2 Å². The van der Waals surface area contributed by atoms with Crippen molar-refractivity contribution in [3.63, 3.8) is 0 Å². The Bertz CT molecular complexity index is 735. The minimum atomic E-state index is -3.40. The van der Waals surface area contributed by atoms with Crippen molar-refractivity contribution >= 4 is 21.2 Å². The number of fused-ring (bicyclic) bond motifs is 2. The van der Waals surface area contributed by atoms with Gasteiger partial charge in [0.1, 0.15) is 0 Å². The monoisotopic (exact) mass is 259 g/mol. The molecule has 0 atom stereocenters. The normalized spacial score (nSPS) is 16.0. The lowest BCUT2D eigenvalue weighted by molar-refractivity contribution is 0.594. The molecule has 0 saturated heterocycles. The van der Waals surface area contributed by atoms with Crippen LogP contribution in [0.5, 0.6) is 0 Å². The van der Waals surface area contributed by atoms with E-state index >= 15 is 0 Å².